The first-order chi connectivity index (χ1) is 19.5. The zero-order valence-corrected chi connectivity index (χ0v) is 28.0. The molecule has 0 N–H and O–H groups in total. The predicted octanol–water partition coefficient (Wildman–Crippen LogP) is 11.2. The lowest BCUT2D eigenvalue weighted by Gasteiger charge is -2.35. The number of anilines is 3. The van der Waals surface area contributed by atoms with E-state index < -0.39 is 7.59 Å². The van der Waals surface area contributed by atoms with Crippen LogP contribution in [0.25, 0.3) is 20.9 Å². The summed E-state index contributed by atoms with van der Waals surface area (Å²) in [6, 6.07) is 41.8. The van der Waals surface area contributed by atoms with Crippen molar-refractivity contribution in [1.82, 2.24) is 0 Å². The van der Waals surface area contributed by atoms with Crippen LogP contribution in [0, 0.1) is 6.92 Å². The molecule has 0 aliphatic rings. The second-order valence-corrected chi connectivity index (χ2v) is 24.6. The van der Waals surface area contributed by atoms with Crippen molar-refractivity contribution in [2.24, 2.45) is 0 Å². The summed E-state index contributed by atoms with van der Waals surface area (Å²) in [5.41, 5.74) is 7.40. The van der Waals surface area contributed by atoms with E-state index in [4.69, 9.17) is 0 Å². The van der Waals surface area contributed by atoms with Crippen molar-refractivity contribution < 1.29 is 0 Å². The summed E-state index contributed by atoms with van der Waals surface area (Å²) in [7, 11) is -1.69. The van der Waals surface area contributed by atoms with Crippen molar-refractivity contribution in [3.63, 3.8) is 0 Å². The van der Waals surface area contributed by atoms with Gasteiger partial charge in [-0.1, -0.05) is 106 Å². The highest BCUT2D eigenvalue weighted by atomic mass is 32.1. The minimum Gasteiger partial charge on any atom is -0.311 e. The van der Waals surface area contributed by atoms with Crippen LogP contribution in [0.1, 0.15) is 33.3 Å². The molecule has 0 aliphatic carbocycles. The van der Waals surface area contributed by atoms with Gasteiger partial charge in [-0.05, 0) is 76.5 Å². The van der Waals surface area contributed by atoms with Crippen molar-refractivity contribution in [1.29, 1.82) is 0 Å². The SMILES string of the molecule is CC[Si](CC)[Si](CC)(CC)c1ccc(-c2ccc(N(c3ccc(C)cc3)c3ccc(-c4cccs4)cc3)cc2)s1. The average molecular weight is 595 g/mol. The molecule has 5 rings (SSSR count). The number of nitrogens with zero attached hydrogens (tertiary/aromatic N) is 1. The summed E-state index contributed by atoms with van der Waals surface area (Å²) >= 11 is 3.87. The average Bonchev–Trinajstić information content (AvgIpc) is 3.72. The van der Waals surface area contributed by atoms with Crippen molar-refractivity contribution in [3.05, 3.63) is 108 Å². The van der Waals surface area contributed by atoms with E-state index in [9.17, 15) is 0 Å². The van der Waals surface area contributed by atoms with Gasteiger partial charge in [0.1, 0.15) is 0 Å². The Bertz CT molecular complexity index is 1480. The Morgan fingerprint density at radius 3 is 1.62 bits per heavy atom. The van der Waals surface area contributed by atoms with Gasteiger partial charge in [0.05, 0.1) is 7.59 Å². The van der Waals surface area contributed by atoms with Crippen molar-refractivity contribution in [3.8, 4) is 20.9 Å². The molecule has 5 heteroatoms. The molecule has 2 heterocycles. The summed E-state index contributed by atoms with van der Waals surface area (Å²) in [6.07, 6.45) is 0. The van der Waals surface area contributed by atoms with E-state index in [-0.39, 0.29) is 8.31 Å². The lowest BCUT2D eigenvalue weighted by molar-refractivity contribution is 1.27. The van der Waals surface area contributed by atoms with Crippen LogP contribution in [-0.2, 0) is 0 Å². The van der Waals surface area contributed by atoms with E-state index in [0.717, 1.165) is 0 Å². The second kappa shape index (κ2) is 12.9. The van der Waals surface area contributed by atoms with Gasteiger partial charge in [0.15, 0.2) is 0 Å². The fourth-order valence-electron chi connectivity index (χ4n) is 6.08. The van der Waals surface area contributed by atoms with E-state index in [0.29, 0.717) is 0 Å². The van der Waals surface area contributed by atoms with Crippen molar-refractivity contribution in [2.45, 2.75) is 58.8 Å². The first kappa shape index (κ1) is 28.8. The zero-order valence-electron chi connectivity index (χ0n) is 24.4. The molecule has 40 heavy (non-hydrogen) atoms. The van der Waals surface area contributed by atoms with Gasteiger partial charge in [-0.2, -0.15) is 0 Å². The Hall–Kier alpha value is -2.71. The van der Waals surface area contributed by atoms with Crippen LogP contribution in [0.2, 0.25) is 24.2 Å². The molecule has 0 unspecified atom stereocenters. The smallest absolute Gasteiger partial charge is 0.0896 e. The first-order valence-electron chi connectivity index (χ1n) is 14.6. The zero-order chi connectivity index (χ0) is 28.1. The molecule has 3 aromatic carbocycles. The van der Waals surface area contributed by atoms with E-state index >= 15 is 0 Å². The largest absolute Gasteiger partial charge is 0.311 e. The Morgan fingerprint density at radius 1 is 0.625 bits per heavy atom. The van der Waals surface area contributed by atoms with Gasteiger partial charge in [-0.25, -0.2) is 0 Å². The standard InChI is InChI=1S/C35H40NS2Si2/c1-6-39(7-2)40(8-3,9-4)35-25-24-34(38-35)29-16-22-32(23-17-29)36(30-18-12-27(5)13-19-30)31-20-14-28(15-21-31)33-11-10-26-37-33/h10-26H,6-9H2,1-5H3. The maximum Gasteiger partial charge on any atom is 0.0896 e. The lowest BCUT2D eigenvalue weighted by atomic mass is 10.1. The molecule has 0 aliphatic heterocycles. The van der Waals surface area contributed by atoms with Crippen molar-refractivity contribution in [2.75, 3.05) is 4.90 Å². The third-order valence-corrected chi connectivity index (χ3v) is 28.0. The van der Waals surface area contributed by atoms with E-state index in [2.05, 4.69) is 153 Å². The van der Waals surface area contributed by atoms with Crippen LogP contribution in [0.5, 0.6) is 0 Å². The molecule has 0 bridgehead atoms. The van der Waals surface area contributed by atoms with Crippen LogP contribution in [0.4, 0.5) is 17.1 Å². The predicted molar refractivity (Wildman–Crippen MR) is 186 cm³/mol. The van der Waals surface area contributed by atoms with Crippen LogP contribution in [0.3, 0.4) is 0 Å². The van der Waals surface area contributed by atoms with Crippen LogP contribution < -0.4 is 9.40 Å². The molecule has 0 saturated heterocycles. The highest BCUT2D eigenvalue weighted by molar-refractivity contribution is 7.47. The number of hydrogen-bond donors (Lipinski definition) is 0. The van der Waals surface area contributed by atoms with Gasteiger partial charge in [0.2, 0.25) is 0 Å². The molecule has 0 amide bonds. The molecule has 2 aromatic heterocycles. The summed E-state index contributed by atoms with van der Waals surface area (Å²) in [4.78, 5) is 5.08. The third kappa shape index (κ3) is 5.71. The monoisotopic (exact) mass is 594 g/mol. The highest BCUT2D eigenvalue weighted by Crippen LogP contribution is 2.38. The summed E-state index contributed by atoms with van der Waals surface area (Å²) in [5.74, 6) is 0. The Kier molecular flexibility index (Phi) is 9.26. The van der Waals surface area contributed by atoms with Crippen LogP contribution in [0.15, 0.2) is 102 Å². The van der Waals surface area contributed by atoms with Crippen molar-refractivity contribution >= 4 is 60.1 Å². The second-order valence-electron chi connectivity index (χ2n) is 10.5. The minimum atomic E-state index is -1.39. The number of benzene rings is 3. The molecular formula is C35H40NS2Si2. The quantitative estimate of drug-likeness (QED) is 0.137. The fourth-order valence-corrected chi connectivity index (χ4v) is 24.5. The van der Waals surface area contributed by atoms with E-state index in [1.807, 2.05) is 0 Å². The number of aryl methyl sites for hydroxylation is 1. The number of thiophene rings is 2. The molecule has 0 atom stereocenters. The topological polar surface area (TPSA) is 3.24 Å². The number of rotatable bonds is 11. The molecule has 0 saturated carbocycles. The maximum absolute atomic E-state index is 2.50. The molecule has 0 spiro atoms. The molecular weight excluding hydrogens is 555 g/mol. The summed E-state index contributed by atoms with van der Waals surface area (Å²) in [6.45, 7) is 12.0. The lowest BCUT2D eigenvalue weighted by Crippen LogP contribution is -2.58. The third-order valence-electron chi connectivity index (χ3n) is 8.45. The van der Waals surface area contributed by atoms with Crippen LogP contribution in [-0.4, -0.2) is 15.9 Å². The molecule has 5 aromatic rings. The van der Waals surface area contributed by atoms with Gasteiger partial charge < -0.3 is 4.90 Å². The minimum absolute atomic E-state index is 0.299. The van der Waals surface area contributed by atoms with Gasteiger partial charge >= 0.3 is 0 Å². The Balaban J connectivity index is 1.48. The van der Waals surface area contributed by atoms with Gasteiger partial charge in [0.25, 0.3) is 0 Å². The van der Waals surface area contributed by atoms with Crippen LogP contribution >= 0.6 is 22.7 Å². The van der Waals surface area contributed by atoms with E-state index in [1.165, 1.54) is 67.7 Å². The van der Waals surface area contributed by atoms with Gasteiger partial charge in [0, 0.05) is 35.1 Å². The Labute approximate surface area is 251 Å². The molecule has 0 fully saturated rings. The fraction of sp³-hybridized carbons (Fsp3) is 0.257. The summed E-state index contributed by atoms with van der Waals surface area (Å²) in [5, 5.41) is 2.14. The summed E-state index contributed by atoms with van der Waals surface area (Å²) < 4.78 is 1.74. The number of hydrogen-bond acceptors (Lipinski definition) is 3. The van der Waals surface area contributed by atoms with Gasteiger partial charge in [-0.15, -0.1) is 22.7 Å². The maximum atomic E-state index is 2.50. The molecule has 205 valence electrons. The molecule has 1 radical (unpaired) electrons. The Morgan fingerprint density at radius 2 is 1.15 bits per heavy atom. The first-order valence-corrected chi connectivity index (χ1v) is 21.6. The molecule has 1 nitrogen and oxygen atoms in total. The highest BCUT2D eigenvalue weighted by Gasteiger charge is 2.40. The normalized spacial score (nSPS) is 11.8. The van der Waals surface area contributed by atoms with Gasteiger partial charge in [-0.3, -0.25) is 0 Å². The van der Waals surface area contributed by atoms with E-state index in [1.54, 1.807) is 15.8 Å².